The van der Waals surface area contributed by atoms with E-state index in [1.807, 2.05) is 25.1 Å². The number of carbonyl (C=O) groups excluding carboxylic acids is 2. The van der Waals surface area contributed by atoms with Crippen LogP contribution in [0, 0.1) is 0 Å². The molecule has 1 aliphatic carbocycles. The highest BCUT2D eigenvalue weighted by molar-refractivity contribution is 6.15. The van der Waals surface area contributed by atoms with Crippen LogP contribution in [0.3, 0.4) is 0 Å². The van der Waals surface area contributed by atoms with E-state index in [0.717, 1.165) is 18.5 Å². The number of nitrogens with zero attached hydrogens (tertiary/aromatic N) is 5. The molecule has 5 rings (SSSR count). The average Bonchev–Trinajstić information content (AvgIpc) is 3.37. The first kappa shape index (κ1) is 18.2. The number of pyridine rings is 1. The van der Waals surface area contributed by atoms with E-state index in [-0.39, 0.29) is 24.4 Å². The number of fused-ring (bicyclic) bond motifs is 1. The van der Waals surface area contributed by atoms with E-state index in [9.17, 15) is 9.59 Å². The van der Waals surface area contributed by atoms with Gasteiger partial charge in [-0.15, -0.1) is 0 Å². The minimum Gasteiger partial charge on any atom is -0.454 e. The fraction of sp³-hybridized carbons (Fsp3) is 0.300. The molecule has 152 valence electrons. The van der Waals surface area contributed by atoms with Crippen LogP contribution < -0.4 is 15.4 Å². The molecule has 10 nitrogen and oxygen atoms in total. The predicted molar refractivity (Wildman–Crippen MR) is 106 cm³/mol. The Labute approximate surface area is 171 Å². The van der Waals surface area contributed by atoms with E-state index in [1.54, 1.807) is 23.0 Å². The Hall–Kier alpha value is -3.82. The highest BCUT2D eigenvalue weighted by Gasteiger charge is 2.26. The van der Waals surface area contributed by atoms with Gasteiger partial charge >= 0.3 is 6.01 Å². The molecular weight excluding hydrogens is 386 g/mol. The third-order valence-electron chi connectivity index (χ3n) is 4.90. The number of hydrogen-bond acceptors (Lipinski definition) is 8. The van der Waals surface area contributed by atoms with Crippen LogP contribution in [0.1, 0.15) is 43.5 Å². The number of rotatable bonds is 6. The fourth-order valence-electron chi connectivity index (χ4n) is 3.18. The molecule has 30 heavy (non-hydrogen) atoms. The molecule has 2 aliphatic rings. The summed E-state index contributed by atoms with van der Waals surface area (Å²) in [5.41, 5.74) is 2.21. The topological polar surface area (TPSA) is 123 Å². The van der Waals surface area contributed by atoms with Crippen molar-refractivity contribution < 1.29 is 14.3 Å². The molecule has 1 saturated heterocycles. The molecule has 0 spiro atoms. The van der Waals surface area contributed by atoms with E-state index < -0.39 is 5.91 Å². The minimum absolute atomic E-state index is 0.0362. The van der Waals surface area contributed by atoms with E-state index in [4.69, 9.17) is 4.74 Å². The summed E-state index contributed by atoms with van der Waals surface area (Å²) in [6.45, 7) is 1.87. The third-order valence-corrected chi connectivity index (χ3v) is 4.90. The second kappa shape index (κ2) is 7.21. The molecule has 1 aliphatic heterocycles. The van der Waals surface area contributed by atoms with Gasteiger partial charge in [-0.1, -0.05) is 6.07 Å². The summed E-state index contributed by atoms with van der Waals surface area (Å²) in [7, 11) is 0. The van der Waals surface area contributed by atoms with Crippen LogP contribution in [0.5, 0.6) is 6.01 Å². The zero-order valence-electron chi connectivity index (χ0n) is 16.2. The quantitative estimate of drug-likeness (QED) is 0.469. The van der Waals surface area contributed by atoms with Gasteiger partial charge in [-0.2, -0.15) is 19.6 Å². The highest BCUT2D eigenvalue weighted by atomic mass is 16.5. The van der Waals surface area contributed by atoms with Crippen molar-refractivity contribution in [2.24, 2.45) is 0 Å². The van der Waals surface area contributed by atoms with Gasteiger partial charge in [-0.05, 0) is 38.0 Å². The van der Waals surface area contributed by atoms with Crippen LogP contribution in [0.15, 0.2) is 36.2 Å². The SMILES string of the molecule is C[C@@H](Oc1nc(NC2CC2)n2ncc(/C=C3\CC(=O)NC3=O)c2n1)c1ccccn1. The van der Waals surface area contributed by atoms with Gasteiger partial charge in [0.1, 0.15) is 6.10 Å². The molecular formula is C20H19N7O3. The Morgan fingerprint density at radius 1 is 1.30 bits per heavy atom. The van der Waals surface area contributed by atoms with E-state index in [1.165, 1.54) is 0 Å². The first-order chi connectivity index (χ1) is 14.6. The molecule has 2 amide bonds. The Kier molecular flexibility index (Phi) is 4.38. The summed E-state index contributed by atoms with van der Waals surface area (Å²) in [5, 5.41) is 9.98. The Morgan fingerprint density at radius 2 is 2.17 bits per heavy atom. The molecule has 3 aromatic heterocycles. The van der Waals surface area contributed by atoms with Crippen molar-refractivity contribution in [3.63, 3.8) is 0 Å². The molecule has 10 heteroatoms. The second-order valence-electron chi connectivity index (χ2n) is 7.32. The first-order valence-electron chi connectivity index (χ1n) is 9.71. The number of carbonyl (C=O) groups is 2. The smallest absolute Gasteiger partial charge is 0.322 e. The minimum atomic E-state index is -0.398. The summed E-state index contributed by atoms with van der Waals surface area (Å²) >= 11 is 0. The molecule has 0 aromatic carbocycles. The number of aromatic nitrogens is 5. The zero-order valence-corrected chi connectivity index (χ0v) is 16.2. The maximum Gasteiger partial charge on any atom is 0.322 e. The van der Waals surface area contributed by atoms with E-state index >= 15 is 0 Å². The number of nitrogens with one attached hydrogen (secondary N) is 2. The van der Waals surface area contributed by atoms with Gasteiger partial charge in [0.25, 0.3) is 5.91 Å². The van der Waals surface area contributed by atoms with Crippen LogP contribution in [-0.2, 0) is 9.59 Å². The Balaban J connectivity index is 1.53. The molecule has 0 radical (unpaired) electrons. The summed E-state index contributed by atoms with van der Waals surface area (Å²) in [6, 6.07) is 6.12. The third kappa shape index (κ3) is 3.59. The van der Waals surface area contributed by atoms with Gasteiger partial charge in [0.15, 0.2) is 5.65 Å². The van der Waals surface area contributed by atoms with Crippen molar-refractivity contribution in [3.8, 4) is 6.01 Å². The molecule has 2 N–H and O–H groups in total. The number of imide groups is 1. The lowest BCUT2D eigenvalue weighted by molar-refractivity contribution is -0.124. The van der Waals surface area contributed by atoms with Gasteiger partial charge in [0.05, 0.1) is 18.3 Å². The second-order valence-corrected chi connectivity index (χ2v) is 7.32. The molecule has 0 bridgehead atoms. The Morgan fingerprint density at radius 3 is 2.87 bits per heavy atom. The lowest BCUT2D eigenvalue weighted by atomic mass is 10.1. The summed E-state index contributed by atoms with van der Waals surface area (Å²) in [4.78, 5) is 36.7. The van der Waals surface area contributed by atoms with E-state index in [0.29, 0.717) is 28.8 Å². The number of ether oxygens (including phenoxy) is 1. The monoisotopic (exact) mass is 405 g/mol. The van der Waals surface area contributed by atoms with Gasteiger partial charge in [-0.25, -0.2) is 0 Å². The summed E-state index contributed by atoms with van der Waals surface area (Å²) in [6.07, 6.45) is 6.73. The largest absolute Gasteiger partial charge is 0.454 e. The molecule has 1 saturated carbocycles. The number of amides is 2. The number of anilines is 1. The standard InChI is InChI=1S/C20H19N7O3/c1-11(15-4-2-3-7-21-15)30-20-25-17-13(8-12-9-16(28)24-18(12)29)10-22-27(17)19(26-20)23-14-5-6-14/h2-4,7-8,10-11,14H,5-6,9H2,1H3,(H,23,25,26)(H,24,28,29)/b12-8+/t11-/m1/s1. The Bertz CT molecular complexity index is 1170. The van der Waals surface area contributed by atoms with Crippen LogP contribution >= 0.6 is 0 Å². The maximum absolute atomic E-state index is 11.9. The van der Waals surface area contributed by atoms with Gasteiger partial charge < -0.3 is 10.1 Å². The van der Waals surface area contributed by atoms with Crippen LogP contribution in [-0.4, -0.2) is 42.4 Å². The van der Waals surface area contributed by atoms with Crippen LogP contribution in [0.4, 0.5) is 5.95 Å². The molecule has 0 unspecified atom stereocenters. The highest BCUT2D eigenvalue weighted by Crippen LogP contribution is 2.27. The van der Waals surface area contributed by atoms with Crippen LogP contribution in [0.2, 0.25) is 0 Å². The average molecular weight is 405 g/mol. The maximum atomic E-state index is 11.9. The van der Waals surface area contributed by atoms with Gasteiger partial charge in [-0.3, -0.25) is 19.9 Å². The van der Waals surface area contributed by atoms with Crippen molar-refractivity contribution in [3.05, 3.63) is 47.4 Å². The zero-order chi connectivity index (χ0) is 20.7. The molecule has 3 aromatic rings. The van der Waals surface area contributed by atoms with Crippen molar-refractivity contribution in [1.82, 2.24) is 29.9 Å². The normalized spacial score (nSPS) is 18.6. The van der Waals surface area contributed by atoms with Crippen molar-refractivity contribution in [2.75, 3.05) is 5.32 Å². The predicted octanol–water partition coefficient (Wildman–Crippen LogP) is 1.66. The van der Waals surface area contributed by atoms with Crippen LogP contribution in [0.25, 0.3) is 11.7 Å². The lowest BCUT2D eigenvalue weighted by Crippen LogP contribution is -2.19. The van der Waals surface area contributed by atoms with Crippen molar-refractivity contribution in [1.29, 1.82) is 0 Å². The molecule has 4 heterocycles. The lowest BCUT2D eigenvalue weighted by Gasteiger charge is -2.14. The first-order valence-corrected chi connectivity index (χ1v) is 9.71. The number of hydrogen-bond donors (Lipinski definition) is 2. The summed E-state index contributed by atoms with van der Waals surface area (Å²) in [5.74, 6) is -0.200. The van der Waals surface area contributed by atoms with Crippen molar-refractivity contribution >= 4 is 29.5 Å². The van der Waals surface area contributed by atoms with Gasteiger partial charge in [0, 0.05) is 23.4 Å². The molecule has 2 fully saturated rings. The summed E-state index contributed by atoms with van der Waals surface area (Å²) < 4.78 is 7.54. The van der Waals surface area contributed by atoms with Crippen molar-refractivity contribution in [2.45, 2.75) is 38.3 Å². The fourth-order valence-corrected chi connectivity index (χ4v) is 3.18. The van der Waals surface area contributed by atoms with Gasteiger partial charge in [0.2, 0.25) is 11.9 Å². The van der Waals surface area contributed by atoms with E-state index in [2.05, 4.69) is 30.7 Å². The molecule has 1 atom stereocenters.